The van der Waals surface area contributed by atoms with Gasteiger partial charge in [-0.1, -0.05) is 25.1 Å². The second-order valence-corrected chi connectivity index (χ2v) is 8.53. The molecular formula is C21H27FN2O4S. The van der Waals surface area contributed by atoms with Crippen molar-refractivity contribution in [2.24, 2.45) is 0 Å². The zero-order valence-electron chi connectivity index (χ0n) is 16.9. The molecule has 0 radical (unpaired) electrons. The maximum atomic E-state index is 13.2. The van der Waals surface area contributed by atoms with E-state index in [-0.39, 0.29) is 18.0 Å². The first-order chi connectivity index (χ1) is 13.8. The van der Waals surface area contributed by atoms with Crippen molar-refractivity contribution < 1.29 is 22.3 Å². The summed E-state index contributed by atoms with van der Waals surface area (Å²) in [6.07, 6.45) is 2.71. The van der Waals surface area contributed by atoms with Gasteiger partial charge in [-0.2, -0.15) is 0 Å². The van der Waals surface area contributed by atoms with E-state index in [1.54, 1.807) is 14.0 Å². The number of anilines is 1. The quantitative estimate of drug-likeness (QED) is 0.597. The molecule has 6 nitrogen and oxygen atoms in total. The summed E-state index contributed by atoms with van der Waals surface area (Å²) in [5.41, 5.74) is 1.30. The molecule has 8 heteroatoms. The third-order valence-electron chi connectivity index (χ3n) is 4.53. The molecule has 1 amide bonds. The van der Waals surface area contributed by atoms with Gasteiger partial charge < -0.3 is 10.1 Å². The molecule has 0 aliphatic heterocycles. The Balaban J connectivity index is 2.04. The number of amides is 1. The number of ether oxygens (including phenoxy) is 1. The van der Waals surface area contributed by atoms with Gasteiger partial charge in [-0.3, -0.25) is 9.10 Å². The second-order valence-electron chi connectivity index (χ2n) is 6.67. The number of carbonyl (C=O) groups is 1. The van der Waals surface area contributed by atoms with E-state index in [1.165, 1.54) is 24.3 Å². The lowest BCUT2D eigenvalue weighted by atomic mass is 10.1. The SMILES string of the molecule is CC[C@H](C(=O)NCCCc1ccccc1OC)N(c1ccc(F)cc1)S(C)(=O)=O. The van der Waals surface area contributed by atoms with Crippen LogP contribution in [-0.2, 0) is 21.2 Å². The van der Waals surface area contributed by atoms with Crippen molar-refractivity contribution in [2.75, 3.05) is 24.2 Å². The predicted molar refractivity (Wildman–Crippen MR) is 112 cm³/mol. The van der Waals surface area contributed by atoms with Gasteiger partial charge in [0.2, 0.25) is 15.9 Å². The first-order valence-electron chi connectivity index (χ1n) is 9.42. The highest BCUT2D eigenvalue weighted by Crippen LogP contribution is 2.23. The zero-order valence-corrected chi connectivity index (χ0v) is 17.7. The van der Waals surface area contributed by atoms with E-state index in [4.69, 9.17) is 4.74 Å². The number of nitrogens with one attached hydrogen (secondary N) is 1. The molecule has 2 rings (SSSR count). The molecule has 0 spiro atoms. The third-order valence-corrected chi connectivity index (χ3v) is 5.71. The number of halogens is 1. The molecule has 0 aliphatic carbocycles. The van der Waals surface area contributed by atoms with Crippen LogP contribution in [0.4, 0.5) is 10.1 Å². The number of aryl methyl sites for hydroxylation is 1. The molecule has 0 aliphatic rings. The average molecular weight is 423 g/mol. The third kappa shape index (κ3) is 6.19. The Kier molecular flexibility index (Phi) is 8.01. The number of rotatable bonds is 10. The molecule has 1 N–H and O–H groups in total. The van der Waals surface area contributed by atoms with Crippen LogP contribution in [0.5, 0.6) is 5.75 Å². The largest absolute Gasteiger partial charge is 0.496 e. The number of para-hydroxylation sites is 1. The maximum absolute atomic E-state index is 13.2. The van der Waals surface area contributed by atoms with Gasteiger partial charge >= 0.3 is 0 Å². The van der Waals surface area contributed by atoms with E-state index in [9.17, 15) is 17.6 Å². The molecule has 29 heavy (non-hydrogen) atoms. The predicted octanol–water partition coefficient (Wildman–Crippen LogP) is 3.13. The van der Waals surface area contributed by atoms with Crippen LogP contribution >= 0.6 is 0 Å². The van der Waals surface area contributed by atoms with Crippen molar-refractivity contribution in [3.8, 4) is 5.75 Å². The van der Waals surface area contributed by atoms with Crippen LogP contribution in [-0.4, -0.2) is 40.3 Å². The van der Waals surface area contributed by atoms with Crippen LogP contribution in [0.2, 0.25) is 0 Å². The summed E-state index contributed by atoms with van der Waals surface area (Å²) < 4.78 is 44.3. The standard InChI is InChI=1S/C21H27FN2O4S/c1-4-19(24(29(3,26)27)18-13-11-17(22)12-14-18)21(25)23-15-7-9-16-8-5-6-10-20(16)28-2/h5-6,8,10-14,19H,4,7,9,15H2,1-3H3,(H,23,25)/t19-/m1/s1. The smallest absolute Gasteiger partial charge is 0.243 e. The van der Waals surface area contributed by atoms with E-state index in [2.05, 4.69) is 5.32 Å². The molecule has 0 saturated heterocycles. The van der Waals surface area contributed by atoms with Crippen molar-refractivity contribution >= 4 is 21.6 Å². The molecule has 2 aromatic rings. The van der Waals surface area contributed by atoms with Crippen LogP contribution in [0.3, 0.4) is 0 Å². The van der Waals surface area contributed by atoms with E-state index < -0.39 is 21.9 Å². The van der Waals surface area contributed by atoms with Gasteiger partial charge in [0.05, 0.1) is 19.1 Å². The molecule has 0 heterocycles. The molecule has 2 aromatic carbocycles. The molecule has 0 saturated carbocycles. The van der Waals surface area contributed by atoms with Crippen LogP contribution < -0.4 is 14.4 Å². The fourth-order valence-corrected chi connectivity index (χ4v) is 4.38. The summed E-state index contributed by atoms with van der Waals surface area (Å²) in [7, 11) is -2.12. The fraction of sp³-hybridized carbons (Fsp3) is 0.381. The number of carbonyl (C=O) groups excluding carboxylic acids is 1. The van der Waals surface area contributed by atoms with Gasteiger partial charge in [0.25, 0.3) is 0 Å². The Labute approximate surface area is 171 Å². The molecule has 0 aromatic heterocycles. The monoisotopic (exact) mass is 422 g/mol. The van der Waals surface area contributed by atoms with Crippen molar-refractivity contribution in [3.63, 3.8) is 0 Å². The Morgan fingerprint density at radius 3 is 2.41 bits per heavy atom. The lowest BCUT2D eigenvalue weighted by molar-refractivity contribution is -0.122. The van der Waals surface area contributed by atoms with E-state index in [0.717, 1.165) is 28.3 Å². The summed E-state index contributed by atoms with van der Waals surface area (Å²) in [6, 6.07) is 11.8. The van der Waals surface area contributed by atoms with E-state index >= 15 is 0 Å². The first kappa shape index (κ1) is 22.7. The topological polar surface area (TPSA) is 75.7 Å². The van der Waals surface area contributed by atoms with Crippen molar-refractivity contribution in [2.45, 2.75) is 32.2 Å². The van der Waals surface area contributed by atoms with Crippen LogP contribution in [0.15, 0.2) is 48.5 Å². The molecule has 158 valence electrons. The Morgan fingerprint density at radius 2 is 1.83 bits per heavy atom. The Hall–Kier alpha value is -2.61. The number of hydrogen-bond acceptors (Lipinski definition) is 4. The number of sulfonamides is 1. The van der Waals surface area contributed by atoms with Gasteiger partial charge in [0.1, 0.15) is 17.6 Å². The van der Waals surface area contributed by atoms with Crippen LogP contribution in [0, 0.1) is 5.82 Å². The fourth-order valence-electron chi connectivity index (χ4n) is 3.17. The molecular weight excluding hydrogens is 395 g/mol. The van der Waals surface area contributed by atoms with Crippen molar-refractivity contribution in [1.82, 2.24) is 5.32 Å². The van der Waals surface area contributed by atoms with Gasteiger partial charge in [-0.05, 0) is 55.2 Å². The Bertz CT molecular complexity index is 917. The number of methoxy groups -OCH3 is 1. The lowest BCUT2D eigenvalue weighted by Gasteiger charge is -2.30. The summed E-state index contributed by atoms with van der Waals surface area (Å²) >= 11 is 0. The molecule has 1 atom stereocenters. The van der Waals surface area contributed by atoms with Crippen molar-refractivity contribution in [1.29, 1.82) is 0 Å². The maximum Gasteiger partial charge on any atom is 0.243 e. The van der Waals surface area contributed by atoms with Gasteiger partial charge in [-0.25, -0.2) is 12.8 Å². The summed E-state index contributed by atoms with van der Waals surface area (Å²) in [6.45, 7) is 2.13. The van der Waals surface area contributed by atoms with Gasteiger partial charge in [0.15, 0.2) is 0 Å². The highest BCUT2D eigenvalue weighted by molar-refractivity contribution is 7.92. The first-order valence-corrected chi connectivity index (χ1v) is 11.3. The summed E-state index contributed by atoms with van der Waals surface area (Å²) in [4.78, 5) is 12.7. The number of nitrogens with zero attached hydrogens (tertiary/aromatic N) is 1. The van der Waals surface area contributed by atoms with Gasteiger partial charge in [0, 0.05) is 6.54 Å². The minimum absolute atomic E-state index is 0.255. The summed E-state index contributed by atoms with van der Waals surface area (Å²) in [5, 5.41) is 2.82. The molecule has 0 fully saturated rings. The van der Waals surface area contributed by atoms with Gasteiger partial charge in [-0.15, -0.1) is 0 Å². The zero-order chi connectivity index (χ0) is 21.4. The Morgan fingerprint density at radius 1 is 1.17 bits per heavy atom. The summed E-state index contributed by atoms with van der Waals surface area (Å²) in [5.74, 6) is -0.0665. The highest BCUT2D eigenvalue weighted by atomic mass is 32.2. The van der Waals surface area contributed by atoms with Crippen LogP contribution in [0.1, 0.15) is 25.3 Å². The van der Waals surface area contributed by atoms with Crippen LogP contribution in [0.25, 0.3) is 0 Å². The van der Waals surface area contributed by atoms with E-state index in [0.29, 0.717) is 13.0 Å². The van der Waals surface area contributed by atoms with E-state index in [1.807, 2.05) is 24.3 Å². The lowest BCUT2D eigenvalue weighted by Crippen LogP contribution is -2.49. The second kappa shape index (κ2) is 10.2. The average Bonchev–Trinajstić information content (AvgIpc) is 2.69. The minimum atomic E-state index is -3.74. The van der Waals surface area contributed by atoms with Crippen molar-refractivity contribution in [3.05, 3.63) is 59.9 Å². The number of hydrogen-bond donors (Lipinski definition) is 1. The normalized spacial score (nSPS) is 12.3. The molecule has 0 bridgehead atoms. The molecule has 0 unspecified atom stereocenters. The highest BCUT2D eigenvalue weighted by Gasteiger charge is 2.31. The minimum Gasteiger partial charge on any atom is -0.496 e. The number of benzene rings is 2.